The van der Waals surface area contributed by atoms with E-state index in [-0.39, 0.29) is 5.69 Å². The van der Waals surface area contributed by atoms with E-state index in [0.717, 1.165) is 0 Å². The summed E-state index contributed by atoms with van der Waals surface area (Å²) in [6.07, 6.45) is 0. The molecule has 1 rings (SSSR count). The molecule has 0 atom stereocenters. The predicted octanol–water partition coefficient (Wildman–Crippen LogP) is 1.61. The lowest BCUT2D eigenvalue weighted by Crippen LogP contribution is -2.27. The van der Waals surface area contributed by atoms with Crippen molar-refractivity contribution in [2.75, 3.05) is 21.1 Å². The van der Waals surface area contributed by atoms with E-state index in [4.69, 9.17) is 0 Å². The van der Waals surface area contributed by atoms with Crippen LogP contribution >= 0.6 is 0 Å². The van der Waals surface area contributed by atoms with E-state index in [1.54, 1.807) is 18.2 Å². The highest BCUT2D eigenvalue weighted by Gasteiger charge is 2.11. The van der Waals surface area contributed by atoms with Crippen LogP contribution in [-0.2, 0) is 0 Å². The van der Waals surface area contributed by atoms with Crippen LogP contribution in [0, 0.1) is 22.1 Å². The second kappa shape index (κ2) is 4.11. The number of hydrogen-bond donors (Lipinski definition) is 0. The predicted molar refractivity (Wildman–Crippen MR) is 58.0 cm³/mol. The van der Waals surface area contributed by atoms with Crippen LogP contribution < -0.4 is 0 Å². The molecule has 0 fully saturated rings. The van der Waals surface area contributed by atoms with Crippen LogP contribution in [0.25, 0.3) is 0 Å². The van der Waals surface area contributed by atoms with Gasteiger partial charge in [-0.25, -0.2) is 0 Å². The van der Waals surface area contributed by atoms with E-state index in [0.29, 0.717) is 10.0 Å². The zero-order valence-corrected chi connectivity index (χ0v) is 9.02. The van der Waals surface area contributed by atoms with Gasteiger partial charge in [0.1, 0.15) is 11.6 Å². The lowest BCUT2D eigenvalue weighted by molar-refractivity contribution is -0.800. The third-order valence-electron chi connectivity index (χ3n) is 1.63. The fourth-order valence-electron chi connectivity index (χ4n) is 0.966. The number of nitro benzene ring substituents is 1. The SMILES string of the molecule is C[N+](C)(C)C#Cc1ccccc1[N+](=O)[O-]. The quantitative estimate of drug-likeness (QED) is 0.302. The standard InChI is InChI=1S/C11H13N2O2/c1-13(2,3)9-8-10-6-4-5-7-11(10)12(14)15/h4-7H,1-3H3/q+1. The van der Waals surface area contributed by atoms with Crippen LogP contribution in [-0.4, -0.2) is 30.5 Å². The van der Waals surface area contributed by atoms with Gasteiger partial charge in [0.05, 0.1) is 26.1 Å². The van der Waals surface area contributed by atoms with Gasteiger partial charge in [0.15, 0.2) is 0 Å². The summed E-state index contributed by atoms with van der Waals surface area (Å²) in [4.78, 5) is 10.3. The maximum absolute atomic E-state index is 10.7. The molecule has 4 heteroatoms. The highest BCUT2D eigenvalue weighted by molar-refractivity contribution is 5.50. The van der Waals surface area contributed by atoms with Crippen LogP contribution in [0.1, 0.15) is 5.56 Å². The number of nitrogens with zero attached hydrogens (tertiary/aromatic N) is 2. The van der Waals surface area contributed by atoms with Crippen LogP contribution in [0.4, 0.5) is 5.69 Å². The average Bonchev–Trinajstić information content (AvgIpc) is 2.14. The summed E-state index contributed by atoms with van der Waals surface area (Å²) in [7, 11) is 5.71. The van der Waals surface area contributed by atoms with Crippen molar-refractivity contribution in [1.29, 1.82) is 0 Å². The second-order valence-corrected chi connectivity index (χ2v) is 4.02. The highest BCUT2D eigenvalue weighted by atomic mass is 16.6. The normalized spacial score (nSPS) is 10.3. The number of rotatable bonds is 1. The topological polar surface area (TPSA) is 43.1 Å². The Bertz CT molecular complexity index is 436. The molecule has 0 heterocycles. The molecule has 0 amide bonds. The molecule has 1 aromatic carbocycles. The van der Waals surface area contributed by atoms with E-state index in [1.807, 2.05) is 21.1 Å². The van der Waals surface area contributed by atoms with Crippen LogP contribution in [0.2, 0.25) is 0 Å². The van der Waals surface area contributed by atoms with Gasteiger partial charge in [0.2, 0.25) is 0 Å². The van der Waals surface area contributed by atoms with Gasteiger partial charge in [-0.1, -0.05) is 12.1 Å². The van der Waals surface area contributed by atoms with E-state index in [9.17, 15) is 10.1 Å². The number of quaternary nitrogens is 1. The third kappa shape index (κ3) is 3.41. The molecule has 78 valence electrons. The van der Waals surface area contributed by atoms with Crippen molar-refractivity contribution in [3.8, 4) is 12.0 Å². The Hall–Kier alpha value is -1.86. The minimum atomic E-state index is -0.417. The molecule has 0 aliphatic heterocycles. The number of para-hydroxylation sites is 1. The smallest absolute Gasteiger partial charge is 0.258 e. The molecule has 4 nitrogen and oxygen atoms in total. The maximum Gasteiger partial charge on any atom is 0.285 e. The largest absolute Gasteiger partial charge is 0.285 e. The summed E-state index contributed by atoms with van der Waals surface area (Å²) in [5.74, 6) is 2.82. The van der Waals surface area contributed by atoms with Crippen LogP contribution in [0.3, 0.4) is 0 Å². The van der Waals surface area contributed by atoms with Gasteiger partial charge in [-0.05, 0) is 6.07 Å². The maximum atomic E-state index is 10.7. The summed E-state index contributed by atoms with van der Waals surface area (Å²) >= 11 is 0. The van der Waals surface area contributed by atoms with Crippen molar-refractivity contribution in [1.82, 2.24) is 0 Å². The summed E-state index contributed by atoms with van der Waals surface area (Å²) in [6.45, 7) is 0. The Morgan fingerprint density at radius 3 is 2.40 bits per heavy atom. The lowest BCUT2D eigenvalue weighted by atomic mass is 10.2. The minimum Gasteiger partial charge on any atom is -0.258 e. The molecular formula is C11H13N2O2+. The molecule has 0 saturated heterocycles. The fourth-order valence-corrected chi connectivity index (χ4v) is 0.966. The van der Waals surface area contributed by atoms with Crippen molar-refractivity contribution >= 4 is 5.69 Å². The van der Waals surface area contributed by atoms with Crippen molar-refractivity contribution in [2.45, 2.75) is 0 Å². The molecule has 0 saturated carbocycles. The Labute approximate surface area is 88.9 Å². The van der Waals surface area contributed by atoms with E-state index in [1.165, 1.54) is 6.07 Å². The van der Waals surface area contributed by atoms with Gasteiger partial charge in [-0.2, -0.15) is 0 Å². The molecule has 0 radical (unpaired) electrons. The molecule has 0 aromatic heterocycles. The summed E-state index contributed by atoms with van der Waals surface area (Å²) in [5.41, 5.74) is 0.508. The third-order valence-corrected chi connectivity index (χ3v) is 1.63. The molecule has 15 heavy (non-hydrogen) atoms. The van der Waals surface area contributed by atoms with E-state index < -0.39 is 4.92 Å². The lowest BCUT2D eigenvalue weighted by Gasteiger charge is -2.12. The first-order valence-electron chi connectivity index (χ1n) is 4.48. The van der Waals surface area contributed by atoms with Crippen molar-refractivity contribution in [3.05, 3.63) is 39.9 Å². The first-order valence-corrected chi connectivity index (χ1v) is 4.48. The Morgan fingerprint density at radius 2 is 1.87 bits per heavy atom. The second-order valence-electron chi connectivity index (χ2n) is 4.02. The molecular weight excluding hydrogens is 192 g/mol. The number of nitro groups is 1. The number of benzene rings is 1. The highest BCUT2D eigenvalue weighted by Crippen LogP contribution is 2.15. The Balaban J connectivity index is 3.14. The van der Waals surface area contributed by atoms with E-state index in [2.05, 4.69) is 12.0 Å². The van der Waals surface area contributed by atoms with Crippen LogP contribution in [0.15, 0.2) is 24.3 Å². The first-order chi connectivity index (χ1) is 6.90. The summed E-state index contributed by atoms with van der Waals surface area (Å²) in [6, 6.07) is 9.40. The zero-order chi connectivity index (χ0) is 11.5. The van der Waals surface area contributed by atoms with E-state index >= 15 is 0 Å². The molecule has 0 bridgehead atoms. The van der Waals surface area contributed by atoms with Gasteiger partial charge in [-0.3, -0.25) is 14.6 Å². The minimum absolute atomic E-state index is 0.0541. The fraction of sp³-hybridized carbons (Fsp3) is 0.273. The summed E-state index contributed by atoms with van der Waals surface area (Å²) < 4.78 is 0.450. The molecule has 0 spiro atoms. The van der Waals surface area contributed by atoms with Crippen LogP contribution in [0.5, 0.6) is 0 Å². The monoisotopic (exact) mass is 205 g/mol. The molecule has 1 aromatic rings. The average molecular weight is 205 g/mol. The molecule has 0 aliphatic rings. The Kier molecular flexibility index (Phi) is 3.08. The number of hydrogen-bond acceptors (Lipinski definition) is 2. The van der Waals surface area contributed by atoms with Gasteiger partial charge in [0, 0.05) is 12.0 Å². The van der Waals surface area contributed by atoms with Gasteiger partial charge >= 0.3 is 0 Å². The van der Waals surface area contributed by atoms with Crippen molar-refractivity contribution in [3.63, 3.8) is 0 Å². The van der Waals surface area contributed by atoms with Gasteiger partial charge < -0.3 is 0 Å². The van der Waals surface area contributed by atoms with Crippen molar-refractivity contribution < 1.29 is 9.41 Å². The molecule has 0 N–H and O–H groups in total. The van der Waals surface area contributed by atoms with Gasteiger partial charge in [-0.15, -0.1) is 0 Å². The Morgan fingerprint density at radius 1 is 1.27 bits per heavy atom. The van der Waals surface area contributed by atoms with Crippen molar-refractivity contribution in [2.24, 2.45) is 0 Å². The molecule has 0 unspecified atom stereocenters. The zero-order valence-electron chi connectivity index (χ0n) is 9.02. The molecule has 0 aliphatic carbocycles. The first kappa shape index (κ1) is 11.2. The summed E-state index contributed by atoms with van der Waals surface area (Å²) in [5, 5.41) is 10.7. The van der Waals surface area contributed by atoms with Gasteiger partial charge in [0.25, 0.3) is 5.69 Å².